The predicted octanol–water partition coefficient (Wildman–Crippen LogP) is 2.85. The molecule has 1 aliphatic heterocycles. The standard InChI is InChI=1S/C24H30N2O7S/c1-4-33-23(27)15-17-5-7-19(8-6-17)25-24(28)18-11-13-26(14-12-18)34(29,30)22-16-20(31-2)9-10-21(22)32-3/h5-10,16,18H,4,11-15H2,1-3H3,(H,25,28). The van der Waals surface area contributed by atoms with E-state index in [0.717, 1.165) is 5.56 Å². The Morgan fingerprint density at radius 2 is 1.71 bits per heavy atom. The van der Waals surface area contributed by atoms with Crippen molar-refractivity contribution in [3.63, 3.8) is 0 Å². The number of nitrogens with one attached hydrogen (secondary N) is 1. The fourth-order valence-electron chi connectivity index (χ4n) is 3.81. The average molecular weight is 491 g/mol. The lowest BCUT2D eigenvalue weighted by Gasteiger charge is -2.31. The Morgan fingerprint density at radius 1 is 1.03 bits per heavy atom. The number of piperidine rings is 1. The minimum absolute atomic E-state index is 0.0418. The van der Waals surface area contributed by atoms with Gasteiger partial charge in [-0.15, -0.1) is 0 Å². The molecule has 3 rings (SSSR count). The normalized spacial score (nSPS) is 14.9. The molecule has 1 N–H and O–H groups in total. The molecule has 0 radical (unpaired) electrons. The van der Waals surface area contributed by atoms with Crippen LogP contribution in [0.2, 0.25) is 0 Å². The number of esters is 1. The second-order valence-corrected chi connectivity index (χ2v) is 9.77. The number of anilines is 1. The highest BCUT2D eigenvalue weighted by atomic mass is 32.2. The number of carbonyl (C=O) groups is 2. The highest BCUT2D eigenvalue weighted by Gasteiger charge is 2.34. The van der Waals surface area contributed by atoms with E-state index in [2.05, 4.69) is 5.32 Å². The van der Waals surface area contributed by atoms with Crippen molar-refractivity contribution >= 4 is 27.6 Å². The lowest BCUT2D eigenvalue weighted by molar-refractivity contribution is -0.142. The second-order valence-electron chi connectivity index (χ2n) is 7.86. The molecule has 1 saturated heterocycles. The van der Waals surface area contributed by atoms with Crippen LogP contribution in [0, 0.1) is 5.92 Å². The molecule has 2 aromatic rings. The molecule has 0 bridgehead atoms. The Kier molecular flexibility index (Phi) is 8.51. The van der Waals surface area contributed by atoms with Gasteiger partial charge in [-0.2, -0.15) is 4.31 Å². The Morgan fingerprint density at radius 3 is 2.29 bits per heavy atom. The number of methoxy groups -OCH3 is 2. The van der Waals surface area contributed by atoms with Crippen LogP contribution in [0.25, 0.3) is 0 Å². The summed E-state index contributed by atoms with van der Waals surface area (Å²) in [5, 5.41) is 2.88. The largest absolute Gasteiger partial charge is 0.497 e. The van der Waals surface area contributed by atoms with Crippen molar-refractivity contribution in [3.05, 3.63) is 48.0 Å². The minimum atomic E-state index is -3.81. The smallest absolute Gasteiger partial charge is 0.310 e. The number of nitrogens with zero attached hydrogens (tertiary/aromatic N) is 1. The van der Waals surface area contributed by atoms with Crippen LogP contribution in [-0.4, -0.2) is 58.5 Å². The van der Waals surface area contributed by atoms with Crippen molar-refractivity contribution in [2.24, 2.45) is 5.92 Å². The third-order valence-corrected chi connectivity index (χ3v) is 7.61. The van der Waals surface area contributed by atoms with Gasteiger partial charge in [-0.3, -0.25) is 9.59 Å². The Balaban J connectivity index is 1.59. The van der Waals surface area contributed by atoms with E-state index in [0.29, 0.717) is 30.9 Å². The third-order valence-electron chi connectivity index (χ3n) is 5.69. The van der Waals surface area contributed by atoms with Crippen LogP contribution in [0.15, 0.2) is 47.4 Å². The summed E-state index contributed by atoms with van der Waals surface area (Å²) < 4.78 is 43.1. The molecule has 1 aliphatic rings. The summed E-state index contributed by atoms with van der Waals surface area (Å²) >= 11 is 0. The van der Waals surface area contributed by atoms with Crippen LogP contribution in [0.1, 0.15) is 25.3 Å². The molecule has 1 amide bonds. The van der Waals surface area contributed by atoms with Gasteiger partial charge in [0.25, 0.3) is 0 Å². The molecule has 9 nitrogen and oxygen atoms in total. The summed E-state index contributed by atoms with van der Waals surface area (Å²) in [6.07, 6.45) is 0.976. The van der Waals surface area contributed by atoms with Gasteiger partial charge in [0.15, 0.2) is 0 Å². The van der Waals surface area contributed by atoms with Crippen LogP contribution in [0.4, 0.5) is 5.69 Å². The summed E-state index contributed by atoms with van der Waals surface area (Å²) in [7, 11) is -0.920. The molecule has 34 heavy (non-hydrogen) atoms. The van der Waals surface area contributed by atoms with Crippen LogP contribution < -0.4 is 14.8 Å². The van der Waals surface area contributed by atoms with Gasteiger partial charge in [0, 0.05) is 30.8 Å². The van der Waals surface area contributed by atoms with Crippen molar-refractivity contribution < 1.29 is 32.2 Å². The topological polar surface area (TPSA) is 111 Å². The van der Waals surface area contributed by atoms with Crippen LogP contribution in [0.3, 0.4) is 0 Å². The summed E-state index contributed by atoms with van der Waals surface area (Å²) in [6, 6.07) is 11.6. The van der Waals surface area contributed by atoms with E-state index in [1.807, 2.05) is 0 Å². The molecular weight excluding hydrogens is 460 g/mol. The molecule has 2 aromatic carbocycles. The van der Waals surface area contributed by atoms with Gasteiger partial charge in [-0.05, 0) is 49.6 Å². The fourth-order valence-corrected chi connectivity index (χ4v) is 5.45. The summed E-state index contributed by atoms with van der Waals surface area (Å²) in [5.41, 5.74) is 1.41. The summed E-state index contributed by atoms with van der Waals surface area (Å²) in [4.78, 5) is 24.4. The van der Waals surface area contributed by atoms with E-state index >= 15 is 0 Å². The van der Waals surface area contributed by atoms with Crippen molar-refractivity contribution in [3.8, 4) is 11.5 Å². The number of benzene rings is 2. The zero-order valence-electron chi connectivity index (χ0n) is 19.6. The van der Waals surface area contributed by atoms with Gasteiger partial charge < -0.3 is 19.5 Å². The minimum Gasteiger partial charge on any atom is -0.497 e. The molecule has 0 aliphatic carbocycles. The average Bonchev–Trinajstić information content (AvgIpc) is 2.85. The molecule has 0 saturated carbocycles. The van der Waals surface area contributed by atoms with E-state index in [1.54, 1.807) is 43.3 Å². The lowest BCUT2D eigenvalue weighted by atomic mass is 9.97. The molecule has 0 spiro atoms. The van der Waals surface area contributed by atoms with Crippen LogP contribution in [-0.2, 0) is 30.8 Å². The lowest BCUT2D eigenvalue weighted by Crippen LogP contribution is -2.41. The number of ether oxygens (including phenoxy) is 3. The molecule has 0 atom stereocenters. The molecule has 10 heteroatoms. The first kappa shape index (κ1) is 25.5. The maximum atomic E-state index is 13.2. The van der Waals surface area contributed by atoms with E-state index in [1.165, 1.54) is 24.6 Å². The van der Waals surface area contributed by atoms with Gasteiger partial charge >= 0.3 is 5.97 Å². The number of hydrogen-bond donors (Lipinski definition) is 1. The number of amides is 1. The summed E-state index contributed by atoms with van der Waals surface area (Å²) in [5.74, 6) is -0.103. The Bertz CT molecular complexity index is 1110. The Labute approximate surface area is 200 Å². The number of sulfonamides is 1. The van der Waals surface area contributed by atoms with E-state index in [-0.39, 0.29) is 47.9 Å². The van der Waals surface area contributed by atoms with Crippen molar-refractivity contribution in [2.45, 2.75) is 31.1 Å². The molecular formula is C24H30N2O7S. The van der Waals surface area contributed by atoms with E-state index in [9.17, 15) is 18.0 Å². The van der Waals surface area contributed by atoms with E-state index in [4.69, 9.17) is 14.2 Å². The second kappa shape index (κ2) is 11.3. The molecule has 0 aromatic heterocycles. The van der Waals surface area contributed by atoms with Crippen LogP contribution >= 0.6 is 0 Å². The number of carbonyl (C=O) groups excluding carboxylic acids is 2. The zero-order chi connectivity index (χ0) is 24.7. The van der Waals surface area contributed by atoms with Crippen molar-refractivity contribution in [1.82, 2.24) is 4.31 Å². The first-order valence-electron chi connectivity index (χ1n) is 11.1. The SMILES string of the molecule is CCOC(=O)Cc1ccc(NC(=O)C2CCN(S(=O)(=O)c3cc(OC)ccc3OC)CC2)cc1. The van der Waals surface area contributed by atoms with Crippen molar-refractivity contribution in [1.29, 1.82) is 0 Å². The monoisotopic (exact) mass is 490 g/mol. The molecule has 184 valence electrons. The highest BCUT2D eigenvalue weighted by molar-refractivity contribution is 7.89. The summed E-state index contributed by atoms with van der Waals surface area (Å²) in [6.45, 7) is 2.53. The van der Waals surface area contributed by atoms with Crippen LogP contribution in [0.5, 0.6) is 11.5 Å². The first-order chi connectivity index (χ1) is 16.3. The van der Waals surface area contributed by atoms with E-state index < -0.39 is 10.0 Å². The van der Waals surface area contributed by atoms with Gasteiger partial charge in [-0.25, -0.2) is 8.42 Å². The maximum absolute atomic E-state index is 13.2. The van der Waals surface area contributed by atoms with Gasteiger partial charge in [0.1, 0.15) is 16.4 Å². The first-order valence-corrected chi connectivity index (χ1v) is 12.5. The number of rotatable bonds is 9. The quantitative estimate of drug-likeness (QED) is 0.538. The molecule has 0 unspecified atom stereocenters. The number of hydrogen-bond acceptors (Lipinski definition) is 7. The molecule has 1 fully saturated rings. The van der Waals surface area contributed by atoms with Crippen molar-refractivity contribution in [2.75, 3.05) is 39.2 Å². The maximum Gasteiger partial charge on any atom is 0.310 e. The van der Waals surface area contributed by atoms with Gasteiger partial charge in [-0.1, -0.05) is 12.1 Å². The Hall–Kier alpha value is -3.11. The fraction of sp³-hybridized carbons (Fsp3) is 0.417. The van der Waals surface area contributed by atoms with Gasteiger partial charge in [0.2, 0.25) is 15.9 Å². The van der Waals surface area contributed by atoms with Gasteiger partial charge in [0.05, 0.1) is 27.2 Å². The third kappa shape index (κ3) is 6.06. The zero-order valence-corrected chi connectivity index (χ0v) is 20.4. The molecule has 1 heterocycles. The highest BCUT2D eigenvalue weighted by Crippen LogP contribution is 2.32. The predicted molar refractivity (Wildman–Crippen MR) is 126 cm³/mol.